The smallest absolute Gasteiger partial charge is 0.256 e. The van der Waals surface area contributed by atoms with E-state index in [0.29, 0.717) is 15.1 Å². The van der Waals surface area contributed by atoms with Gasteiger partial charge in [-0.2, -0.15) is 0 Å². The second-order valence-electron chi connectivity index (χ2n) is 4.06. The molecule has 2 aromatic rings. The number of rotatable bonds is 2. The third-order valence-corrected chi connectivity index (χ3v) is 3.44. The van der Waals surface area contributed by atoms with Gasteiger partial charge in [-0.3, -0.25) is 4.79 Å². The molecule has 0 bridgehead atoms. The van der Waals surface area contributed by atoms with Crippen LogP contribution >= 0.6 is 27.5 Å². The maximum atomic E-state index is 13.6. The van der Waals surface area contributed by atoms with Crippen LogP contribution in [-0.4, -0.2) is 5.91 Å². The number of hydrogen-bond donors (Lipinski definition) is 1. The molecule has 0 unspecified atom stereocenters. The molecule has 1 N–H and O–H groups in total. The third-order valence-electron chi connectivity index (χ3n) is 2.55. The molecular formula is C14H10BrClFNO. The Morgan fingerprint density at radius 3 is 2.63 bits per heavy atom. The average molecular weight is 343 g/mol. The maximum Gasteiger partial charge on any atom is 0.256 e. The van der Waals surface area contributed by atoms with Gasteiger partial charge in [0.2, 0.25) is 0 Å². The Labute approximate surface area is 123 Å². The van der Waals surface area contributed by atoms with Gasteiger partial charge >= 0.3 is 0 Å². The Hall–Kier alpha value is -1.39. The summed E-state index contributed by atoms with van der Waals surface area (Å²) >= 11 is 9.05. The molecule has 0 saturated heterocycles. The van der Waals surface area contributed by atoms with Gasteiger partial charge in [-0.15, -0.1) is 0 Å². The monoisotopic (exact) mass is 341 g/mol. The molecular weight excluding hydrogens is 333 g/mol. The van der Waals surface area contributed by atoms with E-state index in [-0.39, 0.29) is 5.69 Å². The lowest BCUT2D eigenvalue weighted by Gasteiger charge is -2.08. The van der Waals surface area contributed by atoms with Crippen molar-refractivity contribution >= 4 is 39.1 Å². The molecule has 0 saturated carbocycles. The number of carbonyl (C=O) groups is 1. The Morgan fingerprint density at radius 2 is 2.00 bits per heavy atom. The topological polar surface area (TPSA) is 29.1 Å². The van der Waals surface area contributed by atoms with Crippen LogP contribution in [0.1, 0.15) is 15.9 Å². The fourth-order valence-corrected chi connectivity index (χ4v) is 2.45. The van der Waals surface area contributed by atoms with Crippen LogP contribution < -0.4 is 5.32 Å². The van der Waals surface area contributed by atoms with Crippen LogP contribution in [0.4, 0.5) is 10.1 Å². The first-order chi connectivity index (χ1) is 8.97. The van der Waals surface area contributed by atoms with Gasteiger partial charge in [0.15, 0.2) is 0 Å². The first kappa shape index (κ1) is 14.0. The molecule has 98 valence electrons. The number of anilines is 1. The van der Waals surface area contributed by atoms with Crippen molar-refractivity contribution in [2.24, 2.45) is 0 Å². The van der Waals surface area contributed by atoms with Gasteiger partial charge in [-0.05, 0) is 58.7 Å². The van der Waals surface area contributed by atoms with E-state index >= 15 is 0 Å². The van der Waals surface area contributed by atoms with Gasteiger partial charge in [0.05, 0.1) is 11.3 Å². The van der Waals surface area contributed by atoms with Crippen molar-refractivity contribution in [2.45, 2.75) is 6.92 Å². The van der Waals surface area contributed by atoms with Crippen molar-refractivity contribution in [2.75, 3.05) is 5.32 Å². The largest absolute Gasteiger partial charge is 0.319 e. The standard InChI is InChI=1S/C14H10BrClFNO/c1-8-2-5-13(12(17)6-8)18-14(19)10-4-3-9(16)7-11(10)15/h2-7H,1H3,(H,18,19). The predicted molar refractivity (Wildman–Crippen MR) is 78.2 cm³/mol. The molecule has 0 aliphatic rings. The molecule has 0 aliphatic carbocycles. The number of halogens is 3. The Balaban J connectivity index is 2.25. The summed E-state index contributed by atoms with van der Waals surface area (Å²) in [5, 5.41) is 3.05. The van der Waals surface area contributed by atoms with Crippen molar-refractivity contribution in [1.82, 2.24) is 0 Å². The number of nitrogens with one attached hydrogen (secondary N) is 1. The molecule has 2 nitrogen and oxygen atoms in total. The zero-order valence-electron chi connectivity index (χ0n) is 10.0. The number of hydrogen-bond acceptors (Lipinski definition) is 1. The summed E-state index contributed by atoms with van der Waals surface area (Å²) < 4.78 is 14.2. The molecule has 2 aromatic carbocycles. The van der Waals surface area contributed by atoms with E-state index in [4.69, 9.17) is 11.6 Å². The lowest BCUT2D eigenvalue weighted by atomic mass is 10.2. The van der Waals surface area contributed by atoms with E-state index in [1.54, 1.807) is 31.2 Å². The molecule has 5 heteroatoms. The van der Waals surface area contributed by atoms with Gasteiger partial charge in [0.25, 0.3) is 5.91 Å². The van der Waals surface area contributed by atoms with Crippen LogP contribution in [0.3, 0.4) is 0 Å². The van der Waals surface area contributed by atoms with Gasteiger partial charge in [-0.25, -0.2) is 4.39 Å². The van der Waals surface area contributed by atoms with E-state index in [0.717, 1.165) is 5.56 Å². The summed E-state index contributed by atoms with van der Waals surface area (Å²) in [6, 6.07) is 9.43. The van der Waals surface area contributed by atoms with Crippen molar-refractivity contribution in [1.29, 1.82) is 0 Å². The Morgan fingerprint density at radius 1 is 1.26 bits per heavy atom. The van der Waals surface area contributed by atoms with Crippen LogP contribution in [0.15, 0.2) is 40.9 Å². The minimum atomic E-state index is -0.460. The minimum Gasteiger partial charge on any atom is -0.319 e. The van der Waals surface area contributed by atoms with Crippen LogP contribution in [0.5, 0.6) is 0 Å². The summed E-state index contributed by atoms with van der Waals surface area (Å²) in [6.07, 6.45) is 0. The van der Waals surface area contributed by atoms with E-state index < -0.39 is 11.7 Å². The van der Waals surface area contributed by atoms with E-state index in [1.807, 2.05) is 0 Å². The summed E-state index contributed by atoms with van der Waals surface area (Å²) in [7, 11) is 0. The van der Waals surface area contributed by atoms with Crippen molar-refractivity contribution in [3.05, 3.63) is 62.8 Å². The molecule has 0 heterocycles. The normalized spacial score (nSPS) is 10.3. The second kappa shape index (κ2) is 5.72. The molecule has 2 rings (SSSR count). The predicted octanol–water partition coefficient (Wildman–Crippen LogP) is 4.80. The molecule has 19 heavy (non-hydrogen) atoms. The van der Waals surface area contributed by atoms with Gasteiger partial charge in [0.1, 0.15) is 5.82 Å². The molecule has 0 radical (unpaired) electrons. The summed E-state index contributed by atoms with van der Waals surface area (Å²) in [5.74, 6) is -0.857. The van der Waals surface area contributed by atoms with Crippen molar-refractivity contribution < 1.29 is 9.18 Å². The van der Waals surface area contributed by atoms with E-state index in [1.165, 1.54) is 12.1 Å². The molecule has 0 fully saturated rings. The zero-order valence-corrected chi connectivity index (χ0v) is 12.3. The fourth-order valence-electron chi connectivity index (χ4n) is 1.58. The second-order valence-corrected chi connectivity index (χ2v) is 5.35. The quantitative estimate of drug-likeness (QED) is 0.834. The summed E-state index contributed by atoms with van der Waals surface area (Å²) in [6.45, 7) is 1.78. The van der Waals surface area contributed by atoms with Gasteiger partial charge < -0.3 is 5.32 Å². The summed E-state index contributed by atoms with van der Waals surface area (Å²) in [4.78, 5) is 12.0. The highest BCUT2D eigenvalue weighted by Gasteiger charge is 2.12. The van der Waals surface area contributed by atoms with Gasteiger partial charge in [0, 0.05) is 9.50 Å². The SMILES string of the molecule is Cc1ccc(NC(=O)c2ccc(Cl)cc2Br)c(F)c1. The van der Waals surface area contributed by atoms with Crippen LogP contribution in [0, 0.1) is 12.7 Å². The fraction of sp³-hybridized carbons (Fsp3) is 0.0714. The lowest BCUT2D eigenvalue weighted by Crippen LogP contribution is -2.13. The van der Waals surface area contributed by atoms with E-state index in [2.05, 4.69) is 21.2 Å². The average Bonchev–Trinajstić information content (AvgIpc) is 2.32. The third kappa shape index (κ3) is 3.33. The highest BCUT2D eigenvalue weighted by atomic mass is 79.9. The molecule has 0 aliphatic heterocycles. The van der Waals surface area contributed by atoms with Crippen molar-refractivity contribution in [3.8, 4) is 0 Å². The number of amides is 1. The Kier molecular flexibility index (Phi) is 4.22. The number of aryl methyl sites for hydroxylation is 1. The maximum absolute atomic E-state index is 13.6. The highest BCUT2D eigenvalue weighted by Crippen LogP contribution is 2.23. The van der Waals surface area contributed by atoms with Crippen LogP contribution in [0.2, 0.25) is 5.02 Å². The molecule has 1 amide bonds. The first-order valence-corrected chi connectivity index (χ1v) is 6.67. The summed E-state index contributed by atoms with van der Waals surface area (Å²) in [5.41, 5.74) is 1.34. The lowest BCUT2D eigenvalue weighted by molar-refractivity contribution is 0.102. The Bertz CT molecular complexity index is 645. The first-order valence-electron chi connectivity index (χ1n) is 5.50. The number of carbonyl (C=O) groups excluding carboxylic acids is 1. The zero-order chi connectivity index (χ0) is 14.0. The molecule has 0 aromatic heterocycles. The molecule has 0 spiro atoms. The highest BCUT2D eigenvalue weighted by molar-refractivity contribution is 9.10. The minimum absolute atomic E-state index is 0.150. The molecule has 0 atom stereocenters. The van der Waals surface area contributed by atoms with Crippen LogP contribution in [0.25, 0.3) is 0 Å². The van der Waals surface area contributed by atoms with Gasteiger partial charge in [-0.1, -0.05) is 17.7 Å². The van der Waals surface area contributed by atoms with E-state index in [9.17, 15) is 9.18 Å². The van der Waals surface area contributed by atoms with Crippen LogP contribution in [-0.2, 0) is 0 Å². The number of benzene rings is 2. The van der Waals surface area contributed by atoms with Crippen molar-refractivity contribution in [3.63, 3.8) is 0 Å².